The lowest BCUT2D eigenvalue weighted by Gasteiger charge is -2.22. The molecule has 5 heteroatoms. The number of benzene rings is 1. The molecule has 0 bridgehead atoms. The molecule has 2 rings (SSSR count). The van der Waals surface area contributed by atoms with Gasteiger partial charge in [0.25, 0.3) is 5.91 Å². The zero-order valence-electron chi connectivity index (χ0n) is 9.99. The predicted molar refractivity (Wildman–Crippen MR) is 71.7 cm³/mol. The normalized spacial score (nSPS) is 16.5. The van der Waals surface area contributed by atoms with Crippen molar-refractivity contribution in [2.75, 3.05) is 19.8 Å². The molecule has 1 aromatic carbocycles. The molecule has 4 nitrogen and oxygen atoms in total. The third kappa shape index (κ3) is 3.46. The SMILES string of the molecule is O=C(NCC1CCOCC1)c1ccc(Br)c(O)c1. The molecule has 1 aromatic rings. The summed E-state index contributed by atoms with van der Waals surface area (Å²) >= 11 is 3.18. The van der Waals surface area contributed by atoms with E-state index in [0.29, 0.717) is 22.5 Å². The summed E-state index contributed by atoms with van der Waals surface area (Å²) < 4.78 is 5.86. The Labute approximate surface area is 114 Å². The summed E-state index contributed by atoms with van der Waals surface area (Å²) in [4.78, 5) is 11.9. The van der Waals surface area contributed by atoms with Gasteiger partial charge >= 0.3 is 0 Å². The molecule has 1 fully saturated rings. The Hall–Kier alpha value is -1.07. The highest BCUT2D eigenvalue weighted by Gasteiger charge is 2.15. The molecular formula is C13H16BrNO3. The molecule has 0 aliphatic carbocycles. The quantitative estimate of drug-likeness (QED) is 0.900. The van der Waals surface area contributed by atoms with Crippen molar-refractivity contribution in [3.8, 4) is 5.75 Å². The van der Waals surface area contributed by atoms with Crippen LogP contribution in [-0.2, 0) is 4.74 Å². The van der Waals surface area contributed by atoms with E-state index < -0.39 is 0 Å². The van der Waals surface area contributed by atoms with Crippen LogP contribution in [0.2, 0.25) is 0 Å². The number of hydrogen-bond donors (Lipinski definition) is 2. The molecule has 0 radical (unpaired) electrons. The van der Waals surface area contributed by atoms with Crippen molar-refractivity contribution in [1.29, 1.82) is 0 Å². The maximum Gasteiger partial charge on any atom is 0.251 e. The molecule has 98 valence electrons. The van der Waals surface area contributed by atoms with Gasteiger partial charge in [0.05, 0.1) is 4.47 Å². The maximum absolute atomic E-state index is 11.9. The largest absolute Gasteiger partial charge is 0.507 e. The molecule has 1 aliphatic rings. The Morgan fingerprint density at radius 3 is 2.83 bits per heavy atom. The minimum atomic E-state index is -0.149. The van der Waals surface area contributed by atoms with Gasteiger partial charge in [-0.25, -0.2) is 0 Å². The number of nitrogens with one attached hydrogen (secondary N) is 1. The standard InChI is InChI=1S/C13H16BrNO3/c14-11-2-1-10(7-12(11)16)13(17)15-8-9-3-5-18-6-4-9/h1-2,7,9,16H,3-6,8H2,(H,15,17). The van der Waals surface area contributed by atoms with Crippen LogP contribution in [0.5, 0.6) is 5.75 Å². The molecule has 0 spiro atoms. The van der Waals surface area contributed by atoms with E-state index in [1.54, 1.807) is 12.1 Å². The molecule has 1 aliphatic heterocycles. The molecule has 0 aromatic heterocycles. The van der Waals surface area contributed by atoms with Gasteiger partial charge in [0, 0.05) is 25.3 Å². The topological polar surface area (TPSA) is 58.6 Å². The van der Waals surface area contributed by atoms with Crippen LogP contribution < -0.4 is 5.32 Å². The van der Waals surface area contributed by atoms with Gasteiger partial charge in [-0.1, -0.05) is 0 Å². The van der Waals surface area contributed by atoms with E-state index in [2.05, 4.69) is 21.2 Å². The van der Waals surface area contributed by atoms with Gasteiger partial charge in [-0.15, -0.1) is 0 Å². The number of amides is 1. The highest BCUT2D eigenvalue weighted by atomic mass is 79.9. The zero-order chi connectivity index (χ0) is 13.0. The van der Waals surface area contributed by atoms with Crippen LogP contribution in [0.3, 0.4) is 0 Å². The van der Waals surface area contributed by atoms with Gasteiger partial charge < -0.3 is 15.2 Å². The Morgan fingerprint density at radius 2 is 2.17 bits per heavy atom. The van der Waals surface area contributed by atoms with Crippen molar-refractivity contribution in [2.45, 2.75) is 12.8 Å². The highest BCUT2D eigenvalue weighted by molar-refractivity contribution is 9.10. The number of ether oxygens (including phenoxy) is 1. The van der Waals surface area contributed by atoms with Gasteiger partial charge in [-0.2, -0.15) is 0 Å². The second-order valence-corrected chi connectivity index (χ2v) is 5.29. The molecule has 18 heavy (non-hydrogen) atoms. The monoisotopic (exact) mass is 313 g/mol. The number of carbonyl (C=O) groups is 1. The molecule has 0 atom stereocenters. The fourth-order valence-corrected chi connectivity index (χ4v) is 2.19. The van der Waals surface area contributed by atoms with Gasteiger partial charge in [0.1, 0.15) is 5.75 Å². The Morgan fingerprint density at radius 1 is 1.44 bits per heavy atom. The maximum atomic E-state index is 11.9. The second-order valence-electron chi connectivity index (χ2n) is 4.43. The van der Waals surface area contributed by atoms with Crippen molar-refractivity contribution < 1.29 is 14.6 Å². The summed E-state index contributed by atoms with van der Waals surface area (Å²) in [7, 11) is 0. The smallest absolute Gasteiger partial charge is 0.251 e. The van der Waals surface area contributed by atoms with Crippen molar-refractivity contribution >= 4 is 21.8 Å². The van der Waals surface area contributed by atoms with Gasteiger partial charge in [0.15, 0.2) is 0 Å². The van der Waals surface area contributed by atoms with Crippen molar-refractivity contribution in [3.63, 3.8) is 0 Å². The third-order valence-electron chi connectivity index (χ3n) is 3.10. The first-order chi connectivity index (χ1) is 8.66. The van der Waals surface area contributed by atoms with E-state index in [-0.39, 0.29) is 11.7 Å². The van der Waals surface area contributed by atoms with E-state index in [4.69, 9.17) is 4.74 Å². The number of hydrogen-bond acceptors (Lipinski definition) is 3. The Kier molecular flexibility index (Phi) is 4.60. The zero-order valence-corrected chi connectivity index (χ0v) is 11.6. The lowest BCUT2D eigenvalue weighted by atomic mass is 10.0. The summed E-state index contributed by atoms with van der Waals surface area (Å²) in [6, 6.07) is 4.81. The average Bonchev–Trinajstić information content (AvgIpc) is 2.40. The van der Waals surface area contributed by atoms with E-state index in [9.17, 15) is 9.90 Å². The van der Waals surface area contributed by atoms with E-state index >= 15 is 0 Å². The number of halogens is 1. The van der Waals surface area contributed by atoms with Gasteiger partial charge in [0.2, 0.25) is 0 Å². The summed E-state index contributed by atoms with van der Waals surface area (Å²) in [5, 5.41) is 12.4. The average molecular weight is 314 g/mol. The van der Waals surface area contributed by atoms with Gasteiger partial charge in [-0.3, -0.25) is 4.79 Å². The summed E-state index contributed by atoms with van der Waals surface area (Å²) in [6.45, 7) is 2.22. The molecule has 1 heterocycles. The predicted octanol–water partition coefficient (Wildman–Crippen LogP) is 2.31. The van der Waals surface area contributed by atoms with Gasteiger partial charge in [-0.05, 0) is 52.9 Å². The lowest BCUT2D eigenvalue weighted by molar-refractivity contribution is 0.0642. The number of phenols is 1. The van der Waals surface area contributed by atoms with E-state index in [1.807, 2.05) is 0 Å². The molecule has 1 amide bonds. The minimum absolute atomic E-state index is 0.0775. The first-order valence-electron chi connectivity index (χ1n) is 6.01. The summed E-state index contributed by atoms with van der Waals surface area (Å²) in [5.74, 6) is 0.421. The Balaban J connectivity index is 1.88. The van der Waals surface area contributed by atoms with Crippen LogP contribution >= 0.6 is 15.9 Å². The summed E-state index contributed by atoms with van der Waals surface area (Å²) in [6.07, 6.45) is 1.98. The van der Waals surface area contributed by atoms with Crippen LogP contribution in [0.1, 0.15) is 23.2 Å². The molecule has 0 saturated carbocycles. The number of rotatable bonds is 3. The number of phenolic OH excluding ortho intramolecular Hbond substituents is 1. The second kappa shape index (κ2) is 6.20. The first kappa shape index (κ1) is 13.4. The van der Waals surface area contributed by atoms with Crippen LogP contribution in [0.4, 0.5) is 0 Å². The number of aromatic hydroxyl groups is 1. The highest BCUT2D eigenvalue weighted by Crippen LogP contribution is 2.24. The fraction of sp³-hybridized carbons (Fsp3) is 0.462. The van der Waals surface area contributed by atoms with Crippen LogP contribution in [0.25, 0.3) is 0 Å². The Bertz CT molecular complexity index is 430. The van der Waals surface area contributed by atoms with E-state index in [1.165, 1.54) is 6.07 Å². The first-order valence-corrected chi connectivity index (χ1v) is 6.80. The molecule has 1 saturated heterocycles. The third-order valence-corrected chi connectivity index (χ3v) is 3.77. The van der Waals surface area contributed by atoms with E-state index in [0.717, 1.165) is 26.1 Å². The minimum Gasteiger partial charge on any atom is -0.507 e. The molecular weight excluding hydrogens is 298 g/mol. The summed E-state index contributed by atoms with van der Waals surface area (Å²) in [5.41, 5.74) is 0.475. The molecule has 2 N–H and O–H groups in total. The van der Waals surface area contributed by atoms with Crippen molar-refractivity contribution in [2.24, 2.45) is 5.92 Å². The number of carbonyl (C=O) groups excluding carboxylic acids is 1. The molecule has 0 unspecified atom stereocenters. The fourth-order valence-electron chi connectivity index (χ4n) is 1.94. The van der Waals surface area contributed by atoms with Crippen LogP contribution in [-0.4, -0.2) is 30.8 Å². The van der Waals surface area contributed by atoms with Crippen LogP contribution in [0, 0.1) is 5.92 Å². The van der Waals surface area contributed by atoms with Crippen molar-refractivity contribution in [1.82, 2.24) is 5.32 Å². The van der Waals surface area contributed by atoms with Crippen molar-refractivity contribution in [3.05, 3.63) is 28.2 Å². The lowest BCUT2D eigenvalue weighted by Crippen LogP contribution is -2.32. The van der Waals surface area contributed by atoms with Crippen LogP contribution in [0.15, 0.2) is 22.7 Å².